The molecule has 176 valence electrons. The van der Waals surface area contributed by atoms with Gasteiger partial charge >= 0.3 is 7.12 Å². The van der Waals surface area contributed by atoms with Crippen LogP contribution >= 0.6 is 0 Å². The highest BCUT2D eigenvalue weighted by atomic mass is 28.4. The lowest BCUT2D eigenvalue weighted by Gasteiger charge is -2.42. The van der Waals surface area contributed by atoms with Crippen LogP contribution in [-0.4, -0.2) is 36.4 Å². The van der Waals surface area contributed by atoms with Crippen LogP contribution in [0.25, 0.3) is 0 Å². The van der Waals surface area contributed by atoms with Crippen molar-refractivity contribution in [2.75, 3.05) is 0 Å². The van der Waals surface area contributed by atoms with Gasteiger partial charge in [-0.3, -0.25) is 4.68 Å². The largest absolute Gasteiger partial charge is 0.543 e. The predicted octanol–water partition coefficient (Wildman–Crippen LogP) is 5.78. The van der Waals surface area contributed by atoms with Crippen molar-refractivity contribution in [2.45, 2.75) is 104 Å². The Kier molecular flexibility index (Phi) is 7.04. The molecule has 0 amide bonds. The summed E-state index contributed by atoms with van der Waals surface area (Å²) < 4.78 is 21.1. The average Bonchev–Trinajstić information content (AvgIpc) is 3.21. The fraction of sp³-hybridized carbons (Fsp3) is 0.640. The van der Waals surface area contributed by atoms with Crippen molar-refractivity contribution in [3.05, 3.63) is 42.2 Å². The maximum atomic E-state index is 6.87. The molecule has 1 aromatic carbocycles. The van der Waals surface area contributed by atoms with Crippen molar-refractivity contribution in [1.29, 1.82) is 0 Å². The van der Waals surface area contributed by atoms with Crippen molar-refractivity contribution in [1.82, 2.24) is 9.78 Å². The monoisotopic (exact) mass is 456 g/mol. The summed E-state index contributed by atoms with van der Waals surface area (Å²) in [4.78, 5) is 0. The Balaban J connectivity index is 1.76. The third-order valence-electron chi connectivity index (χ3n) is 7.42. The summed E-state index contributed by atoms with van der Waals surface area (Å²) in [6, 6.07) is 8.48. The van der Waals surface area contributed by atoms with Crippen molar-refractivity contribution in [3.63, 3.8) is 0 Å². The van der Waals surface area contributed by atoms with Crippen LogP contribution in [0, 0.1) is 0 Å². The topological polar surface area (TPSA) is 45.5 Å². The predicted molar refractivity (Wildman–Crippen MR) is 135 cm³/mol. The van der Waals surface area contributed by atoms with Crippen molar-refractivity contribution >= 4 is 20.9 Å². The fourth-order valence-corrected chi connectivity index (χ4v) is 10.3. The number of rotatable bonds is 8. The van der Waals surface area contributed by atoms with E-state index in [-0.39, 0.29) is 11.2 Å². The summed E-state index contributed by atoms with van der Waals surface area (Å²) in [7, 11) is -2.37. The van der Waals surface area contributed by atoms with E-state index in [0.29, 0.717) is 23.2 Å². The Morgan fingerprint density at radius 2 is 1.53 bits per heavy atom. The Bertz CT molecular complexity index is 886. The first-order valence-electron chi connectivity index (χ1n) is 11.9. The molecular weight excluding hydrogens is 415 g/mol. The van der Waals surface area contributed by atoms with Crippen LogP contribution in [0.3, 0.4) is 0 Å². The molecule has 0 aliphatic carbocycles. The molecule has 2 aromatic rings. The number of nitrogens with zero attached hydrogens (tertiary/aromatic N) is 2. The molecule has 1 fully saturated rings. The van der Waals surface area contributed by atoms with E-state index in [1.807, 2.05) is 17.1 Å². The third-order valence-corrected chi connectivity index (χ3v) is 13.4. The zero-order valence-corrected chi connectivity index (χ0v) is 22.6. The van der Waals surface area contributed by atoms with Gasteiger partial charge in [0.15, 0.2) is 0 Å². The van der Waals surface area contributed by atoms with E-state index < -0.39 is 15.4 Å². The lowest BCUT2D eigenvalue weighted by Crippen LogP contribution is -2.50. The molecule has 0 bridgehead atoms. The Morgan fingerprint density at radius 3 is 2.06 bits per heavy atom. The molecule has 0 radical (unpaired) electrons. The van der Waals surface area contributed by atoms with Gasteiger partial charge in [-0.25, -0.2) is 0 Å². The molecule has 0 N–H and O–H groups in total. The second-order valence-electron chi connectivity index (χ2n) is 11.1. The molecule has 3 rings (SSSR count). The molecular formula is C25H41BN2O3Si. The molecule has 2 heterocycles. The summed E-state index contributed by atoms with van der Waals surface area (Å²) in [5.74, 6) is 0.976. The minimum absolute atomic E-state index is 0.356. The van der Waals surface area contributed by atoms with Gasteiger partial charge in [0.05, 0.1) is 17.7 Å². The smallest absolute Gasteiger partial charge is 0.498 e. The first kappa shape index (κ1) is 25.1. The second-order valence-corrected chi connectivity index (χ2v) is 16.5. The molecule has 0 spiro atoms. The van der Waals surface area contributed by atoms with E-state index in [1.54, 1.807) is 0 Å². The lowest BCUT2D eigenvalue weighted by molar-refractivity contribution is 0.00578. The van der Waals surface area contributed by atoms with Gasteiger partial charge in [0.1, 0.15) is 5.75 Å². The van der Waals surface area contributed by atoms with Gasteiger partial charge < -0.3 is 13.7 Å². The summed E-state index contributed by atoms with van der Waals surface area (Å²) in [5, 5.41) is 4.57. The number of hydrogen-bond donors (Lipinski definition) is 0. The van der Waals surface area contributed by atoms with Gasteiger partial charge in [0.25, 0.3) is 8.32 Å². The van der Waals surface area contributed by atoms with E-state index in [4.69, 9.17) is 13.7 Å². The van der Waals surface area contributed by atoms with Crippen LogP contribution in [0.1, 0.15) is 74.8 Å². The highest BCUT2D eigenvalue weighted by Gasteiger charge is 2.52. The fourth-order valence-electron chi connectivity index (χ4n) is 5.02. The molecule has 7 heteroatoms. The van der Waals surface area contributed by atoms with Crippen LogP contribution < -0.4 is 9.89 Å². The van der Waals surface area contributed by atoms with Crippen molar-refractivity contribution in [3.8, 4) is 5.75 Å². The maximum Gasteiger partial charge on any atom is 0.498 e. The van der Waals surface area contributed by atoms with E-state index in [0.717, 1.165) is 11.2 Å². The highest BCUT2D eigenvalue weighted by molar-refractivity contribution is 6.78. The Morgan fingerprint density at radius 1 is 0.969 bits per heavy atom. The molecule has 1 aliphatic heterocycles. The molecule has 0 saturated carbocycles. The van der Waals surface area contributed by atoms with Crippen LogP contribution in [0.2, 0.25) is 16.6 Å². The number of aromatic nitrogens is 2. The van der Waals surface area contributed by atoms with E-state index in [1.165, 1.54) is 5.56 Å². The van der Waals surface area contributed by atoms with Gasteiger partial charge in [0.2, 0.25) is 0 Å². The van der Waals surface area contributed by atoms with Gasteiger partial charge in [-0.05, 0) is 62.0 Å². The minimum Gasteiger partial charge on any atom is -0.543 e. The Labute approximate surface area is 196 Å². The van der Waals surface area contributed by atoms with Gasteiger partial charge in [-0.1, -0.05) is 53.7 Å². The average molecular weight is 457 g/mol. The number of benzene rings is 1. The first-order valence-corrected chi connectivity index (χ1v) is 14.1. The quantitative estimate of drug-likeness (QED) is 0.472. The highest BCUT2D eigenvalue weighted by Crippen LogP contribution is 2.42. The van der Waals surface area contributed by atoms with Crippen LogP contribution in [-0.2, 0) is 15.9 Å². The second kappa shape index (κ2) is 8.99. The van der Waals surface area contributed by atoms with Gasteiger partial charge in [0, 0.05) is 17.9 Å². The summed E-state index contributed by atoms with van der Waals surface area (Å²) >= 11 is 0. The van der Waals surface area contributed by atoms with Crippen LogP contribution in [0.4, 0.5) is 0 Å². The third kappa shape index (κ3) is 4.71. The normalized spacial score (nSPS) is 18.2. The molecule has 5 nitrogen and oxygen atoms in total. The summed E-state index contributed by atoms with van der Waals surface area (Å²) in [6.07, 6.45) is 3.86. The molecule has 32 heavy (non-hydrogen) atoms. The molecule has 1 saturated heterocycles. The standard InChI is InChI=1S/C25H41BN2O3Si/c1-18(2)32(19(3)4,20(5)6)29-23-13-11-12-21(14-23)16-28-17-22(15-27-28)26-30-24(7,8)25(9,10)31-26/h11-15,17-20H,16H2,1-10H3. The van der Waals surface area contributed by atoms with E-state index in [2.05, 4.69) is 98.6 Å². The lowest BCUT2D eigenvalue weighted by atomic mass is 9.82. The SMILES string of the molecule is CC(C)[Si](Oc1cccc(Cn2cc(B3OC(C)(C)C(C)(C)O3)cn2)c1)(C(C)C)C(C)C. The molecule has 0 unspecified atom stereocenters. The van der Waals surface area contributed by atoms with Gasteiger partial charge in [-0.15, -0.1) is 0 Å². The molecule has 1 aromatic heterocycles. The zero-order chi connectivity index (χ0) is 23.9. The molecule has 1 aliphatic rings. The minimum atomic E-state index is -1.98. The van der Waals surface area contributed by atoms with Gasteiger partial charge in [-0.2, -0.15) is 5.10 Å². The van der Waals surface area contributed by atoms with Crippen molar-refractivity contribution < 1.29 is 13.7 Å². The Hall–Kier alpha value is -1.57. The molecule has 0 atom stereocenters. The summed E-state index contributed by atoms with van der Waals surface area (Å²) in [6.45, 7) is 22.8. The summed E-state index contributed by atoms with van der Waals surface area (Å²) in [5.41, 5.74) is 3.03. The first-order chi connectivity index (χ1) is 14.8. The number of hydrogen-bond acceptors (Lipinski definition) is 4. The van der Waals surface area contributed by atoms with Crippen LogP contribution in [0.15, 0.2) is 36.7 Å². The maximum absolute atomic E-state index is 6.87. The van der Waals surface area contributed by atoms with E-state index in [9.17, 15) is 0 Å². The van der Waals surface area contributed by atoms with Crippen molar-refractivity contribution in [2.24, 2.45) is 0 Å². The van der Waals surface area contributed by atoms with Crippen LogP contribution in [0.5, 0.6) is 5.75 Å². The van der Waals surface area contributed by atoms with E-state index >= 15 is 0 Å². The zero-order valence-electron chi connectivity index (χ0n) is 21.6.